The van der Waals surface area contributed by atoms with Crippen LogP contribution in [0.2, 0.25) is 0 Å². The van der Waals surface area contributed by atoms with Crippen molar-refractivity contribution < 1.29 is 9.47 Å². The molecule has 2 aromatic heterocycles. The zero-order valence-corrected chi connectivity index (χ0v) is 36.4. The number of nitrogens with zero attached hydrogens (tertiary/aromatic N) is 2. The quantitative estimate of drug-likeness (QED) is 0.227. The first kappa shape index (κ1) is 34.0. The first-order valence-electron chi connectivity index (χ1n) is 21.1. The fourth-order valence-electron chi connectivity index (χ4n) is 11.0. The van der Waals surface area contributed by atoms with Gasteiger partial charge in [-0.1, -0.05) is 0 Å². The molecule has 0 N–H and O–H groups in total. The first-order valence-corrected chi connectivity index (χ1v) is 24.6. The molecule has 4 aliphatic heterocycles. The molecule has 6 heterocycles. The zero-order valence-electron chi connectivity index (χ0n) is 33.0. The van der Waals surface area contributed by atoms with Crippen LogP contribution >= 0.6 is 0 Å². The second kappa shape index (κ2) is 12.5. The van der Waals surface area contributed by atoms with E-state index in [1.54, 1.807) is 0 Å². The Morgan fingerprint density at radius 1 is 0.323 bits per heavy atom. The monoisotopic (exact) mass is 920 g/mol. The van der Waals surface area contributed by atoms with Gasteiger partial charge < -0.3 is 0 Å². The molecule has 15 rings (SSSR count). The molecule has 0 spiro atoms. The molecule has 0 unspecified atom stereocenters. The van der Waals surface area contributed by atoms with Gasteiger partial charge in [0.2, 0.25) is 0 Å². The van der Waals surface area contributed by atoms with E-state index in [1.807, 2.05) is 0 Å². The molecular formula is C54H30B2N2O2Se2. The molecule has 9 aromatic carbocycles. The molecule has 0 bridgehead atoms. The van der Waals surface area contributed by atoms with E-state index in [0.717, 1.165) is 34.4 Å². The molecule has 0 saturated heterocycles. The van der Waals surface area contributed by atoms with Crippen LogP contribution in [0.15, 0.2) is 182 Å². The summed E-state index contributed by atoms with van der Waals surface area (Å²) in [5.41, 5.74) is 14.9. The van der Waals surface area contributed by atoms with E-state index in [-0.39, 0.29) is 43.3 Å². The average molecular weight is 918 g/mol. The van der Waals surface area contributed by atoms with Gasteiger partial charge in [-0.05, 0) is 0 Å². The number of benzene rings is 9. The molecule has 0 aliphatic carbocycles. The van der Waals surface area contributed by atoms with Crippen LogP contribution in [0, 0.1) is 0 Å². The van der Waals surface area contributed by atoms with E-state index in [0.29, 0.717) is 0 Å². The summed E-state index contributed by atoms with van der Waals surface area (Å²) in [6.07, 6.45) is 0. The molecule has 8 heteroatoms. The third-order valence-corrected chi connectivity index (χ3v) is 18.4. The fraction of sp³-hybridized carbons (Fsp3) is 0. The number of hydrogen-bond acceptors (Lipinski definition) is 2. The Morgan fingerprint density at radius 3 is 1.11 bits per heavy atom. The maximum atomic E-state index is 7.23. The van der Waals surface area contributed by atoms with Crippen LogP contribution in [0.5, 0.6) is 23.0 Å². The second-order valence-corrected chi connectivity index (χ2v) is 21.3. The van der Waals surface area contributed by atoms with Crippen molar-refractivity contribution in [3.8, 4) is 34.4 Å². The molecule has 0 radical (unpaired) electrons. The van der Waals surface area contributed by atoms with Crippen LogP contribution in [0.25, 0.3) is 55.0 Å². The van der Waals surface area contributed by atoms with Crippen molar-refractivity contribution in [2.24, 2.45) is 0 Å². The maximum absolute atomic E-state index is 7.23. The summed E-state index contributed by atoms with van der Waals surface area (Å²) in [7, 11) is 0. The van der Waals surface area contributed by atoms with Crippen LogP contribution in [0.1, 0.15) is 0 Å². The topological polar surface area (TPSA) is 28.3 Å². The van der Waals surface area contributed by atoms with Crippen molar-refractivity contribution in [3.05, 3.63) is 182 Å². The normalized spacial score (nSPS) is 13.9. The predicted octanol–water partition coefficient (Wildman–Crippen LogP) is 5.06. The summed E-state index contributed by atoms with van der Waals surface area (Å²) in [5.74, 6) is 3.61. The predicted molar refractivity (Wildman–Crippen MR) is 260 cm³/mol. The molecule has 4 nitrogen and oxygen atoms in total. The van der Waals surface area contributed by atoms with E-state index in [9.17, 15) is 0 Å². The average Bonchev–Trinajstić information content (AvgIpc) is 3.84. The van der Waals surface area contributed by atoms with Crippen molar-refractivity contribution in [1.29, 1.82) is 0 Å². The minimum absolute atomic E-state index is 0.0506. The molecule has 0 saturated carbocycles. The summed E-state index contributed by atoms with van der Waals surface area (Å²) < 4.78 is 24.9. The van der Waals surface area contributed by atoms with Crippen LogP contribution in [0.3, 0.4) is 0 Å². The third kappa shape index (κ3) is 4.55. The van der Waals surface area contributed by atoms with Crippen LogP contribution < -0.4 is 60.1 Å². The van der Waals surface area contributed by atoms with Gasteiger partial charge in [-0.25, -0.2) is 0 Å². The van der Waals surface area contributed by atoms with Crippen LogP contribution in [-0.4, -0.2) is 52.5 Å². The Morgan fingerprint density at radius 2 is 0.694 bits per heavy atom. The summed E-state index contributed by atoms with van der Waals surface area (Å²) in [6.45, 7) is 0.101. The van der Waals surface area contributed by atoms with Crippen LogP contribution in [-0.2, 0) is 0 Å². The van der Waals surface area contributed by atoms with Gasteiger partial charge in [-0.15, -0.1) is 0 Å². The van der Waals surface area contributed by atoms with Crippen LogP contribution in [0.4, 0.5) is 0 Å². The standard InChI is InChI=1S/C54H30B2N2O2Se2/c1-7-19-41-33(13-1)34-14-2-8-20-42(34)57(41)31-25-47-53-51(27-31)61-49-23-11-5-17-37(49)55(53)39-29-40-46(30-45(39)59-47)60-48-26-32(28-52-54(48)56(40)38-18-6-12-24-50(38)62-52)58-43-21-9-3-15-35(43)36-16-4-10-22-44(36)58/h1-30H. The van der Waals surface area contributed by atoms with E-state index in [4.69, 9.17) is 9.47 Å². The van der Waals surface area contributed by atoms with E-state index >= 15 is 0 Å². The van der Waals surface area contributed by atoms with Gasteiger partial charge in [0, 0.05) is 0 Å². The molecule has 0 amide bonds. The van der Waals surface area contributed by atoms with Crippen molar-refractivity contribution in [2.45, 2.75) is 0 Å². The van der Waals surface area contributed by atoms with E-state index in [1.165, 1.54) is 94.2 Å². The van der Waals surface area contributed by atoms with Gasteiger partial charge in [-0.2, -0.15) is 0 Å². The molecular weight excluding hydrogens is 888 g/mol. The number of para-hydroxylation sites is 4. The van der Waals surface area contributed by atoms with Gasteiger partial charge >= 0.3 is 373 Å². The Kier molecular flexibility index (Phi) is 6.84. The second-order valence-electron chi connectivity index (χ2n) is 16.7. The minimum atomic E-state index is 0.0506. The first-order chi connectivity index (χ1) is 30.7. The Bertz CT molecular complexity index is 3470. The number of aromatic nitrogens is 2. The van der Waals surface area contributed by atoms with Crippen molar-refractivity contribution >= 4 is 138 Å². The SMILES string of the molecule is c1ccc2c(c1)[Se]c1cc(-n3c4ccccc4c4ccccc43)cc3c1B2c1cc2c(cc1O3)Oc1cc(-n3c4ccccc4c4ccccc43)cc3c1B2c1ccccc1[Se]3. The third-order valence-electron chi connectivity index (χ3n) is 13.5. The Hall–Kier alpha value is -6.65. The Labute approximate surface area is 370 Å². The zero-order chi connectivity index (χ0) is 40.2. The number of fused-ring (bicyclic) bond motifs is 14. The molecule has 0 fully saturated rings. The Balaban J connectivity index is 0.948. The van der Waals surface area contributed by atoms with Gasteiger partial charge in [0.15, 0.2) is 0 Å². The molecule has 11 aromatic rings. The number of hydrogen-bond donors (Lipinski definition) is 0. The van der Waals surface area contributed by atoms with Crippen molar-refractivity contribution in [1.82, 2.24) is 9.13 Å². The van der Waals surface area contributed by atoms with Gasteiger partial charge in [-0.3, -0.25) is 0 Å². The summed E-state index contributed by atoms with van der Waals surface area (Å²) in [4.78, 5) is 0. The summed E-state index contributed by atoms with van der Waals surface area (Å²) in [6, 6.07) is 67.4. The van der Waals surface area contributed by atoms with Gasteiger partial charge in [0.25, 0.3) is 0 Å². The summed E-state index contributed by atoms with van der Waals surface area (Å²) >= 11 is 0.215. The van der Waals surface area contributed by atoms with Crippen molar-refractivity contribution in [2.75, 3.05) is 0 Å². The number of rotatable bonds is 2. The van der Waals surface area contributed by atoms with E-state index < -0.39 is 0 Å². The van der Waals surface area contributed by atoms with Gasteiger partial charge in [0.1, 0.15) is 0 Å². The van der Waals surface area contributed by atoms with E-state index in [2.05, 4.69) is 191 Å². The molecule has 4 aliphatic rings. The number of ether oxygens (including phenoxy) is 2. The fourth-order valence-corrected chi connectivity index (χ4v) is 16.0. The van der Waals surface area contributed by atoms with Crippen molar-refractivity contribution in [3.63, 3.8) is 0 Å². The molecule has 286 valence electrons. The molecule has 62 heavy (non-hydrogen) atoms. The summed E-state index contributed by atoms with van der Waals surface area (Å²) in [5, 5.41) is 5.03. The molecule has 0 atom stereocenters. The van der Waals surface area contributed by atoms with Gasteiger partial charge in [0.05, 0.1) is 0 Å².